The Kier molecular flexibility index (Phi) is 4.60. The number of nitrogens with one attached hydrogen (secondary N) is 1. The van der Waals surface area contributed by atoms with Crippen molar-refractivity contribution >= 4 is 51.6 Å². The van der Waals surface area contributed by atoms with Gasteiger partial charge in [0.1, 0.15) is 6.10 Å². The van der Waals surface area contributed by atoms with E-state index in [9.17, 15) is 14.7 Å². The summed E-state index contributed by atoms with van der Waals surface area (Å²) in [6, 6.07) is 8.96. The average molecular weight is 384 g/mol. The Hall–Kier alpha value is -1.92. The second-order valence-electron chi connectivity index (χ2n) is 5.01. The van der Waals surface area contributed by atoms with E-state index in [-0.39, 0.29) is 10.6 Å². The van der Waals surface area contributed by atoms with Crippen LogP contribution < -0.4 is 5.56 Å². The van der Waals surface area contributed by atoms with Gasteiger partial charge in [-0.2, -0.15) is 0 Å². The van der Waals surface area contributed by atoms with Gasteiger partial charge in [0, 0.05) is 20.6 Å². The molecule has 1 atom stereocenters. The third kappa shape index (κ3) is 3.16. The van der Waals surface area contributed by atoms with Crippen molar-refractivity contribution < 1.29 is 9.90 Å². The second kappa shape index (κ2) is 6.53. The van der Waals surface area contributed by atoms with Gasteiger partial charge >= 0.3 is 0 Å². The molecule has 3 rings (SSSR count). The Balaban J connectivity index is 2.06. The lowest BCUT2D eigenvalue weighted by atomic mass is 10.0. The topological polar surface area (TPSA) is 83.0 Å². The van der Waals surface area contributed by atoms with E-state index in [1.165, 1.54) is 24.3 Å². The van der Waals surface area contributed by atoms with Crippen molar-refractivity contribution in [2.45, 2.75) is 6.10 Å². The first-order valence-electron chi connectivity index (χ1n) is 6.73. The Labute approximate surface area is 150 Å². The van der Waals surface area contributed by atoms with Gasteiger partial charge in [0.25, 0.3) is 5.56 Å². The van der Waals surface area contributed by atoms with Gasteiger partial charge in [0.05, 0.1) is 11.0 Å². The molecule has 0 saturated carbocycles. The van der Waals surface area contributed by atoms with Crippen LogP contribution in [0, 0.1) is 0 Å². The van der Waals surface area contributed by atoms with Crippen LogP contribution in [0.15, 0.2) is 41.2 Å². The molecule has 0 radical (unpaired) electrons. The van der Waals surface area contributed by atoms with Crippen LogP contribution in [0.2, 0.25) is 15.1 Å². The van der Waals surface area contributed by atoms with Gasteiger partial charge in [-0.15, -0.1) is 0 Å². The number of nitrogens with zero attached hydrogens (tertiary/aromatic N) is 1. The number of carbonyl (C=O) groups excluding carboxylic acids is 1. The molecule has 3 aromatic rings. The van der Waals surface area contributed by atoms with Gasteiger partial charge in [-0.3, -0.25) is 9.59 Å². The highest BCUT2D eigenvalue weighted by atomic mass is 35.5. The number of benzene rings is 2. The maximum Gasteiger partial charge on any atom is 0.278 e. The Bertz CT molecular complexity index is 1020. The van der Waals surface area contributed by atoms with E-state index in [2.05, 4.69) is 9.97 Å². The number of ketones is 1. The molecular formula is C16H9Cl3N2O3. The van der Waals surface area contributed by atoms with Crippen molar-refractivity contribution in [1.82, 2.24) is 9.97 Å². The van der Waals surface area contributed by atoms with Crippen LogP contribution in [-0.2, 0) is 0 Å². The van der Waals surface area contributed by atoms with Crippen LogP contribution >= 0.6 is 34.8 Å². The number of fused-ring (bicyclic) bond motifs is 1. The smallest absolute Gasteiger partial charge is 0.278 e. The first-order valence-corrected chi connectivity index (χ1v) is 7.87. The summed E-state index contributed by atoms with van der Waals surface area (Å²) >= 11 is 17.6. The fourth-order valence-electron chi connectivity index (χ4n) is 2.22. The number of rotatable bonds is 3. The lowest BCUT2D eigenvalue weighted by Crippen LogP contribution is -2.24. The SMILES string of the molecule is O=C(c1nc2ccc(Cl)cc2[nH]c1=O)[C@H](O)c1ccc(Cl)cc1Cl. The van der Waals surface area contributed by atoms with Crippen molar-refractivity contribution in [3.63, 3.8) is 0 Å². The Morgan fingerprint density at radius 1 is 1.08 bits per heavy atom. The van der Waals surface area contributed by atoms with E-state index in [0.717, 1.165) is 0 Å². The summed E-state index contributed by atoms with van der Waals surface area (Å²) in [4.78, 5) is 31.1. The number of carbonyl (C=O) groups is 1. The molecule has 122 valence electrons. The number of aromatic nitrogens is 2. The number of hydrogen-bond acceptors (Lipinski definition) is 4. The monoisotopic (exact) mass is 382 g/mol. The van der Waals surface area contributed by atoms with Gasteiger partial charge in [0.2, 0.25) is 5.78 Å². The predicted molar refractivity (Wildman–Crippen MR) is 93.1 cm³/mol. The maximum atomic E-state index is 12.5. The molecule has 0 fully saturated rings. The van der Waals surface area contributed by atoms with Crippen LogP contribution in [0.1, 0.15) is 22.2 Å². The lowest BCUT2D eigenvalue weighted by molar-refractivity contribution is 0.0740. The molecule has 2 N–H and O–H groups in total. The summed E-state index contributed by atoms with van der Waals surface area (Å²) < 4.78 is 0. The van der Waals surface area contributed by atoms with Crippen molar-refractivity contribution in [3.05, 3.63) is 73.1 Å². The molecule has 0 bridgehead atoms. The van der Waals surface area contributed by atoms with Crippen LogP contribution in [0.25, 0.3) is 11.0 Å². The molecule has 0 amide bonds. The van der Waals surface area contributed by atoms with E-state index in [1.807, 2.05) is 0 Å². The molecule has 0 aliphatic rings. The molecule has 0 aliphatic heterocycles. The summed E-state index contributed by atoms with van der Waals surface area (Å²) in [5.41, 5.74) is -0.231. The average Bonchev–Trinajstić information content (AvgIpc) is 2.53. The molecule has 0 aliphatic carbocycles. The molecule has 1 aromatic heterocycles. The van der Waals surface area contributed by atoms with E-state index < -0.39 is 23.1 Å². The largest absolute Gasteiger partial charge is 0.380 e. The first-order chi connectivity index (χ1) is 11.4. The normalized spacial score (nSPS) is 12.3. The molecule has 0 saturated heterocycles. The van der Waals surface area contributed by atoms with Crippen molar-refractivity contribution in [3.8, 4) is 0 Å². The summed E-state index contributed by atoms with van der Waals surface area (Å²) in [5.74, 6) is -0.864. The molecule has 1 heterocycles. The van der Waals surface area contributed by atoms with Crippen LogP contribution in [0.4, 0.5) is 0 Å². The molecular weight excluding hydrogens is 375 g/mol. The fourth-order valence-corrected chi connectivity index (χ4v) is 2.90. The number of H-pyrrole nitrogens is 1. The highest BCUT2D eigenvalue weighted by Gasteiger charge is 2.25. The lowest BCUT2D eigenvalue weighted by Gasteiger charge is -2.11. The van der Waals surface area contributed by atoms with E-state index in [4.69, 9.17) is 34.8 Å². The maximum absolute atomic E-state index is 12.5. The number of aliphatic hydroxyl groups is 1. The fraction of sp³-hybridized carbons (Fsp3) is 0.0625. The van der Waals surface area contributed by atoms with Gasteiger partial charge in [-0.25, -0.2) is 4.98 Å². The molecule has 24 heavy (non-hydrogen) atoms. The van der Waals surface area contributed by atoms with E-state index in [0.29, 0.717) is 21.1 Å². The summed E-state index contributed by atoms with van der Waals surface area (Å²) in [6.07, 6.45) is -1.63. The first kappa shape index (κ1) is 16.9. The van der Waals surface area contributed by atoms with Crippen molar-refractivity contribution in [2.75, 3.05) is 0 Å². The standard InChI is InChI=1S/C16H9Cl3N2O3/c17-7-1-3-9(10(19)5-7)14(22)15(23)13-16(24)21-12-6-8(18)2-4-11(12)20-13/h1-6,14,22H,(H,21,24)/t14-/m1/s1. The van der Waals surface area contributed by atoms with Gasteiger partial charge in [-0.1, -0.05) is 40.9 Å². The van der Waals surface area contributed by atoms with E-state index in [1.54, 1.807) is 12.1 Å². The zero-order valence-electron chi connectivity index (χ0n) is 11.9. The number of aromatic amines is 1. The predicted octanol–water partition coefficient (Wildman–Crippen LogP) is 3.80. The molecule has 2 aromatic carbocycles. The minimum Gasteiger partial charge on any atom is -0.380 e. The highest BCUT2D eigenvalue weighted by molar-refractivity contribution is 6.35. The van der Waals surface area contributed by atoms with Crippen LogP contribution in [-0.4, -0.2) is 20.9 Å². The van der Waals surface area contributed by atoms with Crippen LogP contribution in [0.5, 0.6) is 0 Å². The summed E-state index contributed by atoms with van der Waals surface area (Å²) in [7, 11) is 0. The third-order valence-electron chi connectivity index (χ3n) is 3.39. The van der Waals surface area contributed by atoms with Crippen molar-refractivity contribution in [1.29, 1.82) is 0 Å². The zero-order valence-corrected chi connectivity index (χ0v) is 14.2. The zero-order chi connectivity index (χ0) is 17.4. The van der Waals surface area contributed by atoms with E-state index >= 15 is 0 Å². The Morgan fingerprint density at radius 2 is 1.75 bits per heavy atom. The molecule has 0 spiro atoms. The van der Waals surface area contributed by atoms with Gasteiger partial charge < -0.3 is 10.1 Å². The summed E-state index contributed by atoms with van der Waals surface area (Å²) in [6.45, 7) is 0. The number of hydrogen-bond donors (Lipinski definition) is 2. The second-order valence-corrected chi connectivity index (χ2v) is 6.29. The van der Waals surface area contributed by atoms with Crippen LogP contribution in [0.3, 0.4) is 0 Å². The van der Waals surface area contributed by atoms with Crippen molar-refractivity contribution in [2.24, 2.45) is 0 Å². The number of aliphatic hydroxyl groups excluding tert-OH is 1. The minimum absolute atomic E-state index is 0.118. The Morgan fingerprint density at radius 3 is 2.46 bits per heavy atom. The molecule has 0 unspecified atom stereocenters. The third-order valence-corrected chi connectivity index (χ3v) is 4.19. The minimum atomic E-state index is -1.63. The number of halogens is 3. The summed E-state index contributed by atoms with van der Waals surface area (Å²) in [5, 5.41) is 11.2. The molecule has 5 nitrogen and oxygen atoms in total. The quantitative estimate of drug-likeness (QED) is 0.674. The highest BCUT2D eigenvalue weighted by Crippen LogP contribution is 2.28. The van der Waals surface area contributed by atoms with Gasteiger partial charge in [0.15, 0.2) is 5.69 Å². The number of Topliss-reactive ketones (excluding diaryl/α,β-unsaturated/α-hetero) is 1. The molecule has 8 heteroatoms. The van der Waals surface area contributed by atoms with Gasteiger partial charge in [-0.05, 0) is 30.3 Å².